The lowest BCUT2D eigenvalue weighted by molar-refractivity contribution is 0.686. The summed E-state index contributed by atoms with van der Waals surface area (Å²) in [5, 5.41) is 3.44. The molecule has 0 aliphatic rings. The van der Waals surface area contributed by atoms with Crippen LogP contribution in [-0.4, -0.2) is 28.1 Å². The molecule has 1 N–H and O–H groups in total. The van der Waals surface area contributed by atoms with E-state index in [0.29, 0.717) is 0 Å². The molecule has 19 heavy (non-hydrogen) atoms. The molecule has 0 fully saturated rings. The van der Waals surface area contributed by atoms with Crippen molar-refractivity contribution >= 4 is 28.7 Å². The van der Waals surface area contributed by atoms with Crippen LogP contribution in [-0.2, 0) is 7.05 Å². The van der Waals surface area contributed by atoms with E-state index >= 15 is 0 Å². The Labute approximate surface area is 119 Å². The van der Waals surface area contributed by atoms with Crippen LogP contribution in [0.1, 0.15) is 25.7 Å². The third kappa shape index (κ3) is 3.90. The second-order valence-electron chi connectivity index (χ2n) is 4.82. The van der Waals surface area contributed by atoms with Crippen molar-refractivity contribution in [3.8, 4) is 0 Å². The fourth-order valence-corrected chi connectivity index (χ4v) is 2.72. The van der Waals surface area contributed by atoms with Gasteiger partial charge in [-0.3, -0.25) is 0 Å². The van der Waals surface area contributed by atoms with E-state index in [-0.39, 0.29) is 0 Å². The van der Waals surface area contributed by atoms with Crippen LogP contribution < -0.4 is 5.32 Å². The number of hydrogen-bond acceptors (Lipinski definition) is 3. The fraction of sp³-hybridized carbons (Fsp3) is 0.533. The van der Waals surface area contributed by atoms with Crippen LogP contribution in [0.3, 0.4) is 0 Å². The molecule has 2 rings (SSSR count). The molecule has 1 aromatic carbocycles. The molecule has 0 amide bonds. The van der Waals surface area contributed by atoms with Crippen LogP contribution in [0.15, 0.2) is 24.3 Å². The molecule has 3 nitrogen and oxygen atoms in total. The number of aromatic nitrogens is 2. The number of para-hydroxylation sites is 2. The predicted octanol–water partition coefficient (Wildman–Crippen LogP) is 3.91. The number of rotatable bonds is 8. The Balaban J connectivity index is 1.77. The quantitative estimate of drug-likeness (QED) is 0.742. The highest BCUT2D eigenvalue weighted by atomic mass is 32.2. The van der Waals surface area contributed by atoms with Crippen molar-refractivity contribution in [2.45, 2.75) is 25.7 Å². The number of unbranched alkanes of at least 4 members (excludes halogenated alkanes) is 3. The minimum Gasteiger partial charge on any atom is -0.356 e. The molecule has 0 unspecified atom stereocenters. The lowest BCUT2D eigenvalue weighted by atomic mass is 10.2. The van der Waals surface area contributed by atoms with Gasteiger partial charge in [-0.25, -0.2) is 4.98 Å². The summed E-state index contributed by atoms with van der Waals surface area (Å²) in [7, 11) is 2.07. The van der Waals surface area contributed by atoms with E-state index in [1.165, 1.54) is 37.0 Å². The summed E-state index contributed by atoms with van der Waals surface area (Å²) in [6.45, 7) is 1.01. The smallest absolute Gasteiger partial charge is 0.203 e. The maximum Gasteiger partial charge on any atom is 0.203 e. The Morgan fingerprint density at radius 1 is 1.16 bits per heavy atom. The first-order valence-electron chi connectivity index (χ1n) is 6.97. The molecule has 0 radical (unpaired) electrons. The molecule has 0 saturated heterocycles. The summed E-state index contributed by atoms with van der Waals surface area (Å²) in [5.74, 6) is 2.27. The molecule has 1 heterocycles. The highest BCUT2D eigenvalue weighted by Gasteiger charge is 2.05. The Morgan fingerprint density at radius 3 is 2.74 bits per heavy atom. The van der Waals surface area contributed by atoms with Crippen molar-refractivity contribution in [2.75, 3.05) is 23.9 Å². The SMILES string of the molecule is CSCCCCCCNc1nc2ccccc2n1C. The average Bonchev–Trinajstić information content (AvgIpc) is 2.75. The molecule has 0 atom stereocenters. The molecule has 4 heteroatoms. The zero-order valence-electron chi connectivity index (χ0n) is 11.9. The largest absolute Gasteiger partial charge is 0.356 e. The van der Waals surface area contributed by atoms with Crippen LogP contribution in [0, 0.1) is 0 Å². The van der Waals surface area contributed by atoms with E-state index in [2.05, 4.69) is 46.4 Å². The van der Waals surface area contributed by atoms with Gasteiger partial charge in [-0.15, -0.1) is 0 Å². The topological polar surface area (TPSA) is 29.9 Å². The minimum absolute atomic E-state index is 0.977. The second-order valence-corrected chi connectivity index (χ2v) is 5.80. The summed E-state index contributed by atoms with van der Waals surface area (Å²) in [4.78, 5) is 4.61. The minimum atomic E-state index is 0.977. The molecule has 0 bridgehead atoms. The Bertz CT molecular complexity index is 507. The Kier molecular flexibility index (Phi) is 5.58. The third-order valence-corrected chi connectivity index (χ3v) is 4.04. The first kappa shape index (κ1) is 14.3. The van der Waals surface area contributed by atoms with Crippen molar-refractivity contribution in [1.29, 1.82) is 0 Å². The van der Waals surface area contributed by atoms with Crippen LogP contribution >= 0.6 is 11.8 Å². The summed E-state index contributed by atoms with van der Waals surface area (Å²) in [6.07, 6.45) is 7.38. The fourth-order valence-electron chi connectivity index (χ4n) is 2.23. The van der Waals surface area contributed by atoms with Gasteiger partial charge in [0.25, 0.3) is 0 Å². The van der Waals surface area contributed by atoms with Crippen molar-refractivity contribution in [2.24, 2.45) is 7.05 Å². The zero-order chi connectivity index (χ0) is 13.5. The van der Waals surface area contributed by atoms with Crippen molar-refractivity contribution in [1.82, 2.24) is 9.55 Å². The van der Waals surface area contributed by atoms with Gasteiger partial charge in [0, 0.05) is 13.6 Å². The molecular weight excluding hydrogens is 254 g/mol. The van der Waals surface area contributed by atoms with E-state index in [1.54, 1.807) is 0 Å². The van der Waals surface area contributed by atoms with E-state index in [1.807, 2.05) is 17.8 Å². The van der Waals surface area contributed by atoms with E-state index in [4.69, 9.17) is 0 Å². The van der Waals surface area contributed by atoms with E-state index < -0.39 is 0 Å². The van der Waals surface area contributed by atoms with E-state index in [0.717, 1.165) is 18.0 Å². The highest BCUT2D eigenvalue weighted by molar-refractivity contribution is 7.98. The maximum atomic E-state index is 4.61. The molecule has 0 aliphatic carbocycles. The summed E-state index contributed by atoms with van der Waals surface area (Å²) in [5.41, 5.74) is 2.25. The molecule has 0 aliphatic heterocycles. The van der Waals surface area contributed by atoms with Crippen LogP contribution in [0.5, 0.6) is 0 Å². The average molecular weight is 277 g/mol. The van der Waals surface area contributed by atoms with Gasteiger partial charge in [0.05, 0.1) is 11.0 Å². The standard InChI is InChI=1S/C15H23N3S/c1-18-14-10-6-5-9-13(14)17-15(18)16-11-7-3-4-8-12-19-2/h5-6,9-10H,3-4,7-8,11-12H2,1-2H3,(H,16,17). The molecular formula is C15H23N3S. The summed E-state index contributed by atoms with van der Waals surface area (Å²) >= 11 is 1.94. The molecule has 104 valence electrons. The lowest BCUT2D eigenvalue weighted by Gasteiger charge is -2.06. The zero-order valence-corrected chi connectivity index (χ0v) is 12.7. The van der Waals surface area contributed by atoms with Gasteiger partial charge in [0.1, 0.15) is 0 Å². The third-order valence-electron chi connectivity index (χ3n) is 3.35. The summed E-state index contributed by atoms with van der Waals surface area (Å²) in [6, 6.07) is 8.25. The van der Waals surface area contributed by atoms with Crippen LogP contribution in [0.4, 0.5) is 5.95 Å². The van der Waals surface area contributed by atoms with Gasteiger partial charge in [0.2, 0.25) is 5.95 Å². The van der Waals surface area contributed by atoms with Gasteiger partial charge in [-0.2, -0.15) is 11.8 Å². The number of anilines is 1. The van der Waals surface area contributed by atoms with Crippen LogP contribution in [0.2, 0.25) is 0 Å². The Morgan fingerprint density at radius 2 is 1.95 bits per heavy atom. The van der Waals surface area contributed by atoms with Crippen LogP contribution in [0.25, 0.3) is 11.0 Å². The van der Waals surface area contributed by atoms with Crippen molar-refractivity contribution in [3.63, 3.8) is 0 Å². The second kappa shape index (κ2) is 7.43. The Hall–Kier alpha value is -1.16. The number of thioether (sulfide) groups is 1. The van der Waals surface area contributed by atoms with E-state index in [9.17, 15) is 0 Å². The molecule has 0 spiro atoms. The van der Waals surface area contributed by atoms with Gasteiger partial charge in [-0.05, 0) is 37.0 Å². The first-order chi connectivity index (χ1) is 9.33. The molecule has 2 aromatic rings. The number of imidazole rings is 1. The van der Waals surface area contributed by atoms with Crippen molar-refractivity contribution < 1.29 is 0 Å². The predicted molar refractivity (Wildman–Crippen MR) is 86.1 cm³/mol. The monoisotopic (exact) mass is 277 g/mol. The van der Waals surface area contributed by atoms with Crippen molar-refractivity contribution in [3.05, 3.63) is 24.3 Å². The number of hydrogen-bond donors (Lipinski definition) is 1. The number of aryl methyl sites for hydroxylation is 1. The number of nitrogens with zero attached hydrogens (tertiary/aromatic N) is 2. The highest BCUT2D eigenvalue weighted by Crippen LogP contribution is 2.17. The number of nitrogens with one attached hydrogen (secondary N) is 1. The van der Waals surface area contributed by atoms with Gasteiger partial charge < -0.3 is 9.88 Å². The van der Waals surface area contributed by atoms with Gasteiger partial charge >= 0.3 is 0 Å². The normalized spacial score (nSPS) is 11.1. The maximum absolute atomic E-state index is 4.61. The lowest BCUT2D eigenvalue weighted by Crippen LogP contribution is -2.06. The molecule has 0 saturated carbocycles. The summed E-state index contributed by atoms with van der Waals surface area (Å²) < 4.78 is 2.13. The van der Waals surface area contributed by atoms with Gasteiger partial charge in [0.15, 0.2) is 0 Å². The number of benzene rings is 1. The first-order valence-corrected chi connectivity index (χ1v) is 8.36. The number of fused-ring (bicyclic) bond motifs is 1. The van der Waals surface area contributed by atoms with Gasteiger partial charge in [-0.1, -0.05) is 25.0 Å². The molecule has 1 aromatic heterocycles.